The van der Waals surface area contributed by atoms with E-state index in [1.54, 1.807) is 0 Å². The molecule has 4 aromatic rings. The molecule has 0 saturated carbocycles. The molecule has 2 heterocycles. The van der Waals surface area contributed by atoms with Gasteiger partial charge in [-0.15, -0.1) is 0 Å². The van der Waals surface area contributed by atoms with Gasteiger partial charge in [0.15, 0.2) is 0 Å². The Hall–Kier alpha value is -2.16. The van der Waals surface area contributed by atoms with E-state index in [0.717, 1.165) is 11.1 Å². The van der Waals surface area contributed by atoms with Crippen LogP contribution in [0.15, 0.2) is 42.7 Å². The van der Waals surface area contributed by atoms with Gasteiger partial charge in [0, 0.05) is 0 Å². The fraction of sp³-hybridized carbons (Fsp3) is 0.357. The molecule has 0 spiro atoms. The summed E-state index contributed by atoms with van der Waals surface area (Å²) in [5, 5.41) is 0. The van der Waals surface area contributed by atoms with E-state index in [9.17, 15) is 13.2 Å². The number of aryl methyl sites for hydroxylation is 4. The Morgan fingerprint density at radius 2 is 1.59 bits per heavy atom. The van der Waals surface area contributed by atoms with Gasteiger partial charge < -0.3 is 0 Å². The molecule has 0 radical (unpaired) electrons. The third-order valence-electron chi connectivity index (χ3n) is 6.74. The number of benzene rings is 2. The second kappa shape index (κ2) is 8.81. The van der Waals surface area contributed by atoms with Gasteiger partial charge in [-0.1, -0.05) is 0 Å². The third-order valence-corrected chi connectivity index (χ3v) is 10.6. The minimum atomic E-state index is -4.23. The van der Waals surface area contributed by atoms with Crippen LogP contribution in [-0.4, -0.2) is 31.6 Å². The summed E-state index contributed by atoms with van der Waals surface area (Å²) in [6.07, 6.45) is -2.36. The summed E-state index contributed by atoms with van der Waals surface area (Å²) in [4.78, 5) is 4.78. The van der Waals surface area contributed by atoms with Crippen LogP contribution in [0.5, 0.6) is 0 Å². The van der Waals surface area contributed by atoms with Gasteiger partial charge in [0.1, 0.15) is 0 Å². The Kier molecular flexibility index (Phi) is 6.46. The van der Waals surface area contributed by atoms with Crippen LogP contribution in [0, 0.1) is 33.1 Å². The van der Waals surface area contributed by atoms with Crippen molar-refractivity contribution < 1.29 is 17.7 Å². The number of halogens is 3. The standard InChI is InChI=1S/C28H30F3N2Te/c1-16-12-17(2)18(3)22(13-16)24-26-23(32-15-33(24)7)19(4)25(34-26)21-10-8-20(9-11-21)14-27(5,6)28(29,30)31/h8-13,15H,14H2,1-7H3/q+1. The van der Waals surface area contributed by atoms with E-state index in [-0.39, 0.29) is 6.42 Å². The van der Waals surface area contributed by atoms with Crippen molar-refractivity contribution in [3.05, 3.63) is 70.5 Å². The van der Waals surface area contributed by atoms with E-state index in [1.807, 2.05) is 30.6 Å². The molecular formula is C28H30F3N2Te+. The van der Waals surface area contributed by atoms with E-state index in [4.69, 9.17) is 4.98 Å². The first-order chi connectivity index (χ1) is 15.8. The van der Waals surface area contributed by atoms with E-state index < -0.39 is 32.0 Å². The molecule has 0 unspecified atom stereocenters. The molecule has 0 bridgehead atoms. The van der Waals surface area contributed by atoms with Gasteiger partial charge in [0.2, 0.25) is 0 Å². The number of nitrogens with zero attached hydrogens (tertiary/aromatic N) is 2. The van der Waals surface area contributed by atoms with Crippen molar-refractivity contribution in [3.8, 4) is 20.4 Å². The predicted octanol–water partition coefficient (Wildman–Crippen LogP) is 6.81. The average Bonchev–Trinajstić information content (AvgIpc) is 3.07. The SMILES string of the molecule is Cc1cc(C)c(C)c(-c2c3[te]c(-c4ccc(CC(C)(C)C(F)(F)F)cc4)c(C)c3nc[n+]2C)c1. The minimum absolute atomic E-state index is 0.0285. The van der Waals surface area contributed by atoms with Crippen molar-refractivity contribution in [2.75, 3.05) is 0 Å². The Morgan fingerprint density at radius 3 is 2.21 bits per heavy atom. The zero-order valence-electron chi connectivity index (χ0n) is 20.7. The van der Waals surface area contributed by atoms with Gasteiger partial charge >= 0.3 is 210 Å². The maximum atomic E-state index is 13.3. The molecule has 2 nitrogen and oxygen atoms in total. The molecule has 178 valence electrons. The molecule has 2 aromatic heterocycles. The van der Waals surface area contributed by atoms with Gasteiger partial charge in [0.25, 0.3) is 0 Å². The summed E-state index contributed by atoms with van der Waals surface area (Å²) in [6.45, 7) is 11.1. The van der Waals surface area contributed by atoms with Gasteiger partial charge in [-0.25, -0.2) is 0 Å². The molecule has 0 aliphatic carbocycles. The van der Waals surface area contributed by atoms with Crippen molar-refractivity contribution >= 4 is 29.3 Å². The van der Waals surface area contributed by atoms with Crippen molar-refractivity contribution in [3.63, 3.8) is 0 Å². The molecule has 34 heavy (non-hydrogen) atoms. The van der Waals surface area contributed by atoms with E-state index >= 15 is 0 Å². The van der Waals surface area contributed by atoms with Crippen molar-refractivity contribution in [1.82, 2.24) is 4.98 Å². The first kappa shape index (κ1) is 24.9. The fourth-order valence-electron chi connectivity index (χ4n) is 4.44. The zero-order chi connectivity index (χ0) is 25.0. The Labute approximate surface area is 209 Å². The number of hydrogen-bond donors (Lipinski definition) is 0. The maximum absolute atomic E-state index is 13.3. The predicted molar refractivity (Wildman–Crippen MR) is 133 cm³/mol. The van der Waals surface area contributed by atoms with Gasteiger partial charge in [0.05, 0.1) is 0 Å². The van der Waals surface area contributed by atoms with Crippen molar-refractivity contribution in [1.29, 1.82) is 0 Å². The summed E-state index contributed by atoms with van der Waals surface area (Å²) in [6, 6.07) is 12.1. The van der Waals surface area contributed by atoms with E-state index in [2.05, 4.69) is 51.4 Å². The molecule has 0 aliphatic rings. The van der Waals surface area contributed by atoms with E-state index in [0.29, 0.717) is 5.56 Å². The number of rotatable bonds is 4. The van der Waals surface area contributed by atoms with Crippen LogP contribution >= 0.6 is 0 Å². The zero-order valence-corrected chi connectivity index (χ0v) is 23.0. The Balaban J connectivity index is 1.81. The van der Waals surface area contributed by atoms with Crippen molar-refractivity contribution in [2.24, 2.45) is 12.5 Å². The van der Waals surface area contributed by atoms with Crippen molar-refractivity contribution in [2.45, 2.75) is 54.1 Å². The summed E-state index contributed by atoms with van der Waals surface area (Å²) in [7, 11) is 2.05. The van der Waals surface area contributed by atoms with Crippen LogP contribution in [0.25, 0.3) is 29.3 Å². The summed E-state index contributed by atoms with van der Waals surface area (Å²) < 4.78 is 44.7. The Morgan fingerprint density at radius 1 is 0.941 bits per heavy atom. The molecule has 0 fully saturated rings. The van der Waals surface area contributed by atoms with Gasteiger partial charge in [-0.05, 0) is 0 Å². The van der Waals surface area contributed by atoms with Crippen LogP contribution in [0.2, 0.25) is 0 Å². The van der Waals surface area contributed by atoms with Crippen LogP contribution in [0.4, 0.5) is 13.2 Å². The number of aromatic nitrogens is 2. The quantitative estimate of drug-likeness (QED) is 0.192. The summed E-state index contributed by atoms with van der Waals surface area (Å²) in [5.74, 6) is 0. The van der Waals surface area contributed by atoms with E-state index in [1.165, 1.54) is 54.3 Å². The van der Waals surface area contributed by atoms with Gasteiger partial charge in [-0.3, -0.25) is 0 Å². The monoisotopic (exact) mass is 581 g/mol. The number of alkyl halides is 3. The normalized spacial score (nSPS) is 12.5. The molecule has 0 saturated heterocycles. The molecule has 2 aromatic carbocycles. The topological polar surface area (TPSA) is 16.8 Å². The molecule has 0 N–H and O–H groups in total. The fourth-order valence-corrected chi connectivity index (χ4v) is 8.33. The molecule has 0 amide bonds. The second-order valence-corrected chi connectivity index (χ2v) is 12.9. The van der Waals surface area contributed by atoms with Crippen LogP contribution < -0.4 is 4.57 Å². The summed E-state index contributed by atoms with van der Waals surface area (Å²) >= 11 is -0.726. The van der Waals surface area contributed by atoms with Crippen LogP contribution in [0.1, 0.15) is 41.7 Å². The Bertz CT molecular complexity index is 1380. The first-order valence-corrected chi connectivity index (χ1v) is 13.6. The molecular weight excluding hydrogens is 549 g/mol. The first-order valence-electron chi connectivity index (χ1n) is 11.3. The molecule has 0 atom stereocenters. The van der Waals surface area contributed by atoms with Gasteiger partial charge in [-0.2, -0.15) is 0 Å². The average molecular weight is 579 g/mol. The number of fused-ring (bicyclic) bond motifs is 1. The van der Waals surface area contributed by atoms with Crippen LogP contribution in [-0.2, 0) is 13.5 Å². The van der Waals surface area contributed by atoms with Crippen LogP contribution in [0.3, 0.4) is 0 Å². The summed E-state index contributed by atoms with van der Waals surface area (Å²) in [5.41, 5.74) is 8.58. The number of hydrogen-bond acceptors (Lipinski definition) is 1. The second-order valence-electron chi connectivity index (χ2n) is 9.95. The molecule has 0 aliphatic heterocycles. The molecule has 6 heteroatoms. The molecule has 4 rings (SSSR count). The third kappa shape index (κ3) is 4.43.